The lowest BCUT2D eigenvalue weighted by Crippen LogP contribution is -2.22. The van der Waals surface area contributed by atoms with Crippen LogP contribution in [0.5, 0.6) is 0 Å². The number of nitrogens with zero attached hydrogens (tertiary/aromatic N) is 1. The predicted molar refractivity (Wildman–Crippen MR) is 86.4 cm³/mol. The number of hydrogen-bond acceptors (Lipinski definition) is 4. The summed E-state index contributed by atoms with van der Waals surface area (Å²) in [5, 5.41) is 17.0. The molecule has 0 saturated heterocycles. The molecule has 0 atom stereocenters. The third-order valence-electron chi connectivity index (χ3n) is 3.05. The van der Waals surface area contributed by atoms with Gasteiger partial charge in [-0.2, -0.15) is 0 Å². The van der Waals surface area contributed by atoms with E-state index >= 15 is 0 Å². The quantitative estimate of drug-likeness (QED) is 0.651. The number of halogens is 1. The lowest BCUT2D eigenvalue weighted by molar-refractivity contribution is -0.385. The van der Waals surface area contributed by atoms with E-state index in [1.165, 1.54) is 12.1 Å². The molecule has 114 valence electrons. The van der Waals surface area contributed by atoms with Crippen LogP contribution in [0, 0.1) is 17.0 Å². The molecule has 0 heterocycles. The van der Waals surface area contributed by atoms with Crippen LogP contribution in [0.15, 0.2) is 42.5 Å². The van der Waals surface area contributed by atoms with Gasteiger partial charge in [0, 0.05) is 16.8 Å². The Hall–Kier alpha value is -2.60. The minimum atomic E-state index is -0.477. The van der Waals surface area contributed by atoms with Gasteiger partial charge in [0.05, 0.1) is 22.7 Å². The van der Waals surface area contributed by atoms with Gasteiger partial charge in [-0.3, -0.25) is 14.9 Å². The highest BCUT2D eigenvalue weighted by Gasteiger charge is 2.14. The molecule has 1 amide bonds. The second-order valence-electron chi connectivity index (χ2n) is 4.62. The summed E-state index contributed by atoms with van der Waals surface area (Å²) in [6.07, 6.45) is 0. The Morgan fingerprint density at radius 3 is 2.68 bits per heavy atom. The molecule has 0 aliphatic carbocycles. The van der Waals surface area contributed by atoms with Gasteiger partial charge in [0.2, 0.25) is 5.91 Å². The van der Waals surface area contributed by atoms with Gasteiger partial charge in [0.15, 0.2) is 0 Å². The summed E-state index contributed by atoms with van der Waals surface area (Å²) in [7, 11) is 0. The molecule has 2 rings (SSSR count). The van der Waals surface area contributed by atoms with Gasteiger partial charge >= 0.3 is 0 Å². The number of carbonyl (C=O) groups excluding carboxylic acids is 1. The van der Waals surface area contributed by atoms with Gasteiger partial charge in [-0.05, 0) is 31.2 Å². The average Bonchev–Trinajstić information content (AvgIpc) is 2.47. The SMILES string of the molecule is Cc1c(NC(=O)CNc2cccc(Cl)c2)cccc1[N+](=O)[O-]. The monoisotopic (exact) mass is 319 g/mol. The van der Waals surface area contributed by atoms with Crippen LogP contribution in [-0.2, 0) is 4.79 Å². The highest BCUT2D eigenvalue weighted by molar-refractivity contribution is 6.30. The number of benzene rings is 2. The maximum Gasteiger partial charge on any atom is 0.274 e. The highest BCUT2D eigenvalue weighted by atomic mass is 35.5. The van der Waals surface area contributed by atoms with E-state index in [4.69, 9.17) is 11.6 Å². The smallest absolute Gasteiger partial charge is 0.274 e. The van der Waals surface area contributed by atoms with Crippen LogP contribution in [0.2, 0.25) is 5.02 Å². The zero-order valence-electron chi connectivity index (χ0n) is 11.8. The Morgan fingerprint density at radius 1 is 1.27 bits per heavy atom. The van der Waals surface area contributed by atoms with Gasteiger partial charge in [-0.1, -0.05) is 23.7 Å². The van der Waals surface area contributed by atoms with Crippen LogP contribution < -0.4 is 10.6 Å². The molecule has 0 bridgehead atoms. The van der Waals surface area contributed by atoms with Crippen molar-refractivity contribution < 1.29 is 9.72 Å². The number of carbonyl (C=O) groups is 1. The standard InChI is InChI=1S/C15H14ClN3O3/c1-10-13(6-3-7-14(10)19(21)22)18-15(20)9-17-12-5-2-4-11(16)8-12/h2-8,17H,9H2,1H3,(H,18,20). The molecule has 22 heavy (non-hydrogen) atoms. The van der Waals surface area contributed by atoms with Crippen molar-refractivity contribution in [3.63, 3.8) is 0 Å². The number of nitro groups is 1. The molecule has 0 unspecified atom stereocenters. The normalized spacial score (nSPS) is 10.1. The molecule has 0 aromatic heterocycles. The minimum Gasteiger partial charge on any atom is -0.376 e. The van der Waals surface area contributed by atoms with Crippen LogP contribution in [0.1, 0.15) is 5.56 Å². The van der Waals surface area contributed by atoms with E-state index in [0.717, 1.165) is 5.69 Å². The van der Waals surface area contributed by atoms with E-state index in [1.807, 2.05) is 0 Å². The molecule has 0 spiro atoms. The third kappa shape index (κ3) is 3.95. The topological polar surface area (TPSA) is 84.3 Å². The minimum absolute atomic E-state index is 0.0272. The van der Waals surface area contributed by atoms with Gasteiger partial charge in [0.25, 0.3) is 5.69 Å². The van der Waals surface area contributed by atoms with Gasteiger partial charge in [-0.25, -0.2) is 0 Å². The molecule has 2 N–H and O–H groups in total. The van der Waals surface area contributed by atoms with E-state index in [0.29, 0.717) is 16.3 Å². The van der Waals surface area contributed by atoms with Crippen LogP contribution in [-0.4, -0.2) is 17.4 Å². The fourth-order valence-electron chi connectivity index (χ4n) is 1.93. The fraction of sp³-hybridized carbons (Fsp3) is 0.133. The fourth-order valence-corrected chi connectivity index (χ4v) is 2.12. The van der Waals surface area contributed by atoms with E-state index in [9.17, 15) is 14.9 Å². The molecule has 0 aliphatic rings. The molecule has 0 radical (unpaired) electrons. The molecule has 0 aliphatic heterocycles. The summed E-state index contributed by atoms with van der Waals surface area (Å²) < 4.78 is 0. The van der Waals surface area contributed by atoms with Crippen molar-refractivity contribution in [1.82, 2.24) is 0 Å². The summed E-state index contributed by atoms with van der Waals surface area (Å²) >= 11 is 5.85. The third-order valence-corrected chi connectivity index (χ3v) is 3.29. The second kappa shape index (κ2) is 6.91. The highest BCUT2D eigenvalue weighted by Crippen LogP contribution is 2.25. The van der Waals surface area contributed by atoms with Crippen molar-refractivity contribution in [3.05, 3.63) is 63.2 Å². The van der Waals surface area contributed by atoms with E-state index in [1.54, 1.807) is 37.3 Å². The largest absolute Gasteiger partial charge is 0.376 e. The zero-order valence-corrected chi connectivity index (χ0v) is 12.6. The number of rotatable bonds is 5. The van der Waals surface area contributed by atoms with Crippen molar-refractivity contribution in [1.29, 1.82) is 0 Å². The van der Waals surface area contributed by atoms with Crippen LogP contribution in [0.4, 0.5) is 17.1 Å². The molecular weight excluding hydrogens is 306 g/mol. The van der Waals surface area contributed by atoms with Crippen molar-refractivity contribution in [3.8, 4) is 0 Å². The number of nitrogens with one attached hydrogen (secondary N) is 2. The molecule has 7 heteroatoms. The van der Waals surface area contributed by atoms with Crippen LogP contribution in [0.25, 0.3) is 0 Å². The van der Waals surface area contributed by atoms with Crippen LogP contribution in [0.3, 0.4) is 0 Å². The first-order valence-corrected chi connectivity index (χ1v) is 6.88. The number of hydrogen-bond donors (Lipinski definition) is 2. The maximum absolute atomic E-state index is 11.9. The second-order valence-corrected chi connectivity index (χ2v) is 5.06. The summed E-state index contributed by atoms with van der Waals surface area (Å²) in [5.41, 5.74) is 1.54. The molecular formula is C15H14ClN3O3. The molecule has 6 nitrogen and oxygen atoms in total. The van der Waals surface area contributed by atoms with Crippen molar-refractivity contribution >= 4 is 34.6 Å². The lowest BCUT2D eigenvalue weighted by Gasteiger charge is -2.10. The van der Waals surface area contributed by atoms with Gasteiger partial charge < -0.3 is 10.6 Å². The van der Waals surface area contributed by atoms with Gasteiger partial charge in [-0.15, -0.1) is 0 Å². The lowest BCUT2D eigenvalue weighted by atomic mass is 10.1. The summed E-state index contributed by atoms with van der Waals surface area (Å²) in [6.45, 7) is 1.63. The first kappa shape index (κ1) is 15.8. The predicted octanol–water partition coefficient (Wildman–Crippen LogP) is 3.61. The molecule has 2 aromatic carbocycles. The first-order chi connectivity index (χ1) is 10.5. The van der Waals surface area contributed by atoms with E-state index < -0.39 is 4.92 Å². The average molecular weight is 320 g/mol. The van der Waals surface area contributed by atoms with Gasteiger partial charge in [0.1, 0.15) is 0 Å². The number of nitro benzene ring substituents is 1. The summed E-state index contributed by atoms with van der Waals surface area (Å²) in [5.74, 6) is -0.302. The summed E-state index contributed by atoms with van der Waals surface area (Å²) in [4.78, 5) is 22.3. The van der Waals surface area contributed by atoms with Crippen LogP contribution >= 0.6 is 11.6 Å². The molecule has 0 saturated carbocycles. The summed E-state index contributed by atoms with van der Waals surface area (Å²) in [6, 6.07) is 11.6. The molecule has 2 aromatic rings. The molecule has 0 fully saturated rings. The number of anilines is 2. The maximum atomic E-state index is 11.9. The Morgan fingerprint density at radius 2 is 2.00 bits per heavy atom. The van der Waals surface area contributed by atoms with E-state index in [2.05, 4.69) is 10.6 Å². The first-order valence-electron chi connectivity index (χ1n) is 6.50. The van der Waals surface area contributed by atoms with Crippen molar-refractivity contribution in [2.75, 3.05) is 17.2 Å². The Bertz CT molecular complexity index is 719. The van der Waals surface area contributed by atoms with Crippen molar-refractivity contribution in [2.45, 2.75) is 6.92 Å². The Labute approximate surface area is 132 Å². The number of amides is 1. The van der Waals surface area contributed by atoms with Crippen molar-refractivity contribution in [2.24, 2.45) is 0 Å². The Kier molecular flexibility index (Phi) is 4.95. The van der Waals surface area contributed by atoms with E-state index in [-0.39, 0.29) is 18.1 Å². The Balaban J connectivity index is 2.01. The zero-order chi connectivity index (χ0) is 16.1.